The topological polar surface area (TPSA) is 101 Å². The van der Waals surface area contributed by atoms with E-state index in [0.29, 0.717) is 5.75 Å². The van der Waals surface area contributed by atoms with Gasteiger partial charge in [0.2, 0.25) is 0 Å². The van der Waals surface area contributed by atoms with E-state index in [2.05, 4.69) is 99.6 Å². The van der Waals surface area contributed by atoms with Gasteiger partial charge in [0, 0.05) is 16.7 Å². The van der Waals surface area contributed by atoms with Crippen molar-refractivity contribution in [1.29, 1.82) is 0 Å². The Morgan fingerprint density at radius 2 is 0.474 bits per heavy atom. The Balaban J connectivity index is 1.81. The Kier molecular flexibility index (Phi) is 10.5. The lowest BCUT2D eigenvalue weighted by molar-refractivity contribution is 0.464. The number of hydrogen-bond acceptors (Lipinski definition) is 5. The fourth-order valence-corrected chi connectivity index (χ4v) is 8.89. The Bertz CT molecular complexity index is 2200. The van der Waals surface area contributed by atoms with Crippen molar-refractivity contribution in [1.82, 2.24) is 0 Å². The predicted octanol–water partition coefficient (Wildman–Crippen LogP) is 12.2. The molecule has 296 valence electrons. The summed E-state index contributed by atoms with van der Waals surface area (Å²) < 4.78 is 0. The third-order valence-electron chi connectivity index (χ3n) is 12.9. The van der Waals surface area contributed by atoms with Gasteiger partial charge in [-0.15, -0.1) is 0 Å². The van der Waals surface area contributed by atoms with Crippen molar-refractivity contribution in [2.75, 3.05) is 0 Å². The molecule has 5 nitrogen and oxygen atoms in total. The second kappa shape index (κ2) is 14.7. The second-order valence-electron chi connectivity index (χ2n) is 17.2. The van der Waals surface area contributed by atoms with Crippen LogP contribution < -0.4 is 0 Å². The predicted molar refractivity (Wildman–Crippen MR) is 233 cm³/mol. The molecule has 57 heavy (non-hydrogen) atoms. The van der Waals surface area contributed by atoms with Gasteiger partial charge < -0.3 is 25.5 Å². The van der Waals surface area contributed by atoms with Gasteiger partial charge >= 0.3 is 0 Å². The molecule has 0 heterocycles. The molecule has 6 rings (SSSR count). The van der Waals surface area contributed by atoms with Gasteiger partial charge in [-0.25, -0.2) is 0 Å². The van der Waals surface area contributed by atoms with Crippen molar-refractivity contribution < 1.29 is 25.5 Å². The van der Waals surface area contributed by atoms with Gasteiger partial charge in [-0.2, -0.15) is 0 Å². The summed E-state index contributed by atoms with van der Waals surface area (Å²) in [5.41, 5.74) is 14.5. The summed E-state index contributed by atoms with van der Waals surface area (Å²) in [6, 6.07) is 27.6. The highest BCUT2D eigenvalue weighted by Crippen LogP contribution is 2.49. The average Bonchev–Trinajstić information content (AvgIpc) is 3.16. The van der Waals surface area contributed by atoms with E-state index >= 15 is 0 Å². The molecule has 0 saturated carbocycles. The highest BCUT2D eigenvalue weighted by atomic mass is 16.3. The van der Waals surface area contributed by atoms with E-state index in [4.69, 9.17) is 0 Å². The number of aryl methyl sites for hydroxylation is 10. The first-order valence-corrected chi connectivity index (χ1v) is 19.8. The maximum absolute atomic E-state index is 11.0. The van der Waals surface area contributed by atoms with Gasteiger partial charge in [0.05, 0.1) is 0 Å². The van der Waals surface area contributed by atoms with Crippen molar-refractivity contribution in [3.05, 3.63) is 179 Å². The quantitative estimate of drug-likeness (QED) is 0.0994. The Morgan fingerprint density at radius 1 is 0.298 bits per heavy atom. The van der Waals surface area contributed by atoms with E-state index in [1.54, 1.807) is 0 Å². The minimum Gasteiger partial charge on any atom is -0.507 e. The first-order chi connectivity index (χ1) is 26.6. The first-order valence-electron chi connectivity index (χ1n) is 19.8. The molecule has 0 aliphatic carbocycles. The summed E-state index contributed by atoms with van der Waals surface area (Å²) in [7, 11) is 0. The van der Waals surface area contributed by atoms with E-state index in [-0.39, 0.29) is 28.9 Å². The average molecular weight is 763 g/mol. The van der Waals surface area contributed by atoms with Crippen LogP contribution in [0, 0.1) is 69.2 Å². The van der Waals surface area contributed by atoms with Crippen LogP contribution in [0.3, 0.4) is 0 Å². The number of aromatic hydroxyl groups is 5. The number of phenols is 5. The van der Waals surface area contributed by atoms with E-state index in [9.17, 15) is 25.5 Å². The second-order valence-corrected chi connectivity index (χ2v) is 17.2. The van der Waals surface area contributed by atoms with Gasteiger partial charge in [-0.3, -0.25) is 0 Å². The third-order valence-corrected chi connectivity index (χ3v) is 12.9. The first kappa shape index (κ1) is 41.0. The van der Waals surface area contributed by atoms with Crippen molar-refractivity contribution in [3.8, 4) is 28.7 Å². The largest absolute Gasteiger partial charge is 0.507 e. The van der Waals surface area contributed by atoms with E-state index < -0.39 is 10.8 Å². The molecule has 6 aromatic carbocycles. The van der Waals surface area contributed by atoms with Crippen LogP contribution in [-0.4, -0.2) is 25.5 Å². The lowest BCUT2D eigenvalue weighted by Gasteiger charge is -2.38. The van der Waals surface area contributed by atoms with E-state index in [1.165, 1.54) is 0 Å². The highest BCUT2D eigenvalue weighted by molar-refractivity contribution is 5.63. The fraction of sp³-hybridized carbons (Fsp3) is 0.308. The minimum absolute atomic E-state index is 0.0895. The monoisotopic (exact) mass is 762 g/mol. The number of hydrogen-bond donors (Lipinski definition) is 5. The molecule has 0 aliphatic rings. The zero-order valence-electron chi connectivity index (χ0n) is 35.8. The van der Waals surface area contributed by atoms with Crippen LogP contribution in [0.5, 0.6) is 28.7 Å². The Labute approximate surface area is 339 Å². The van der Waals surface area contributed by atoms with Gasteiger partial charge in [-0.1, -0.05) is 85.8 Å². The molecule has 0 saturated heterocycles. The third kappa shape index (κ3) is 6.92. The molecule has 0 spiro atoms. The summed E-state index contributed by atoms with van der Waals surface area (Å²) in [6.45, 7) is 26.0. The zero-order valence-corrected chi connectivity index (χ0v) is 35.8. The summed E-state index contributed by atoms with van der Waals surface area (Å²) in [5.74, 6) is 1.28. The van der Waals surface area contributed by atoms with Crippen molar-refractivity contribution >= 4 is 0 Å². The van der Waals surface area contributed by atoms with Gasteiger partial charge in [0.15, 0.2) is 0 Å². The SMILES string of the molecule is Cc1cc(C(C)c2cc(C(C)(c3cc(C)c(O)c(C)c3)c3cc(C)c(O)c(C)c3)cc(C(C)(c3cc(C)c(O)c(C)c3)c3cc(C)c(O)c(C)c3)c2)cc(C)c1O. The molecule has 5 N–H and O–H groups in total. The molecular weight excluding hydrogens is 705 g/mol. The summed E-state index contributed by atoms with van der Waals surface area (Å²) >= 11 is 0. The van der Waals surface area contributed by atoms with Crippen LogP contribution in [0.25, 0.3) is 0 Å². The van der Waals surface area contributed by atoms with Crippen molar-refractivity contribution in [2.24, 2.45) is 0 Å². The molecule has 0 bridgehead atoms. The lowest BCUT2D eigenvalue weighted by atomic mass is 9.65. The molecule has 0 aromatic heterocycles. The fourth-order valence-electron chi connectivity index (χ4n) is 8.89. The molecule has 5 heteroatoms. The molecule has 0 aliphatic heterocycles. The summed E-state index contributed by atoms with van der Waals surface area (Å²) in [5, 5.41) is 54.8. The molecule has 0 amide bonds. The molecular formula is C52H58O5. The maximum atomic E-state index is 11.0. The van der Waals surface area contributed by atoms with Crippen LogP contribution in [0.1, 0.15) is 127 Å². The molecule has 0 fully saturated rings. The van der Waals surface area contributed by atoms with Gasteiger partial charge in [0.1, 0.15) is 28.7 Å². The van der Waals surface area contributed by atoms with Crippen LogP contribution in [-0.2, 0) is 10.8 Å². The Hall–Kier alpha value is -5.68. The van der Waals surface area contributed by atoms with E-state index in [1.807, 2.05) is 69.2 Å². The number of rotatable bonds is 8. The molecule has 0 radical (unpaired) electrons. The van der Waals surface area contributed by atoms with Crippen molar-refractivity contribution in [2.45, 2.75) is 107 Å². The zero-order chi connectivity index (χ0) is 42.0. The smallest absolute Gasteiger partial charge is 0.121 e. The highest BCUT2D eigenvalue weighted by Gasteiger charge is 2.38. The normalized spacial score (nSPS) is 12.6. The van der Waals surface area contributed by atoms with Crippen LogP contribution in [0.15, 0.2) is 78.9 Å². The standard InChI is InChI=1S/C52H58O5/c1-27-14-38(15-28(2)46(27)53)37(11)39-24-44(51(12,40-16-29(3)47(54)30(4)17-40)41-18-31(5)48(55)32(6)19-41)26-45(25-39)52(13,42-20-33(7)49(56)34(8)21-42)43-22-35(9)50(57)36(10)23-43/h14-26,37,53-57H,1-13H3. The molecule has 1 atom stereocenters. The van der Waals surface area contributed by atoms with E-state index in [0.717, 1.165) is 100 Å². The van der Waals surface area contributed by atoms with Crippen LogP contribution >= 0.6 is 0 Å². The number of phenolic OH excluding ortho intramolecular Hbond substituents is 5. The van der Waals surface area contributed by atoms with Crippen LogP contribution in [0.2, 0.25) is 0 Å². The van der Waals surface area contributed by atoms with Gasteiger partial charge in [0.25, 0.3) is 0 Å². The summed E-state index contributed by atoms with van der Waals surface area (Å²) in [6.07, 6.45) is 0. The Morgan fingerprint density at radius 3 is 0.702 bits per heavy atom. The van der Waals surface area contributed by atoms with Crippen LogP contribution in [0.4, 0.5) is 0 Å². The molecule has 1 unspecified atom stereocenters. The molecule has 6 aromatic rings. The summed E-state index contributed by atoms with van der Waals surface area (Å²) in [4.78, 5) is 0. The van der Waals surface area contributed by atoms with Gasteiger partial charge in [-0.05, 0) is 183 Å². The van der Waals surface area contributed by atoms with Crippen molar-refractivity contribution in [3.63, 3.8) is 0 Å². The maximum Gasteiger partial charge on any atom is 0.121 e. The minimum atomic E-state index is -0.778. The lowest BCUT2D eigenvalue weighted by Crippen LogP contribution is -2.30. The number of benzene rings is 6.